The Bertz CT molecular complexity index is 653. The number of pyridine rings is 1. The molecule has 0 amide bonds. The lowest BCUT2D eigenvalue weighted by atomic mass is 10.1. The van der Waals surface area contributed by atoms with E-state index in [9.17, 15) is 4.79 Å². The zero-order chi connectivity index (χ0) is 14.7. The van der Waals surface area contributed by atoms with Crippen molar-refractivity contribution >= 4 is 21.7 Å². The molecule has 0 aliphatic rings. The van der Waals surface area contributed by atoms with Crippen LogP contribution in [-0.2, 0) is 6.42 Å². The summed E-state index contributed by atoms with van der Waals surface area (Å²) in [5.74, 6) is 1.23. The van der Waals surface area contributed by atoms with Crippen LogP contribution in [0.25, 0.3) is 0 Å². The summed E-state index contributed by atoms with van der Waals surface area (Å²) >= 11 is 3.37. The van der Waals surface area contributed by atoms with E-state index in [0.29, 0.717) is 17.1 Å². The fourth-order valence-corrected chi connectivity index (χ4v) is 2.29. The van der Waals surface area contributed by atoms with Crippen molar-refractivity contribution in [2.24, 2.45) is 0 Å². The van der Waals surface area contributed by atoms with E-state index in [-0.39, 0.29) is 5.78 Å². The van der Waals surface area contributed by atoms with Crippen LogP contribution in [-0.4, -0.2) is 10.8 Å². The maximum atomic E-state index is 11.7. The second-order valence-corrected chi connectivity index (χ2v) is 5.47. The van der Waals surface area contributed by atoms with Gasteiger partial charge in [-0.1, -0.05) is 22.9 Å². The van der Waals surface area contributed by atoms with Crippen molar-refractivity contribution in [1.29, 1.82) is 0 Å². The smallest absolute Gasteiger partial charge is 0.163 e. The molecule has 0 bridgehead atoms. The van der Waals surface area contributed by atoms with Crippen molar-refractivity contribution in [2.75, 3.05) is 0 Å². The van der Waals surface area contributed by atoms with Gasteiger partial charge in [0.05, 0.1) is 11.3 Å². The van der Waals surface area contributed by atoms with Gasteiger partial charge in [-0.15, -0.1) is 0 Å². The quantitative estimate of drug-likeness (QED) is 0.760. The normalized spacial score (nSPS) is 10.4. The second-order valence-electron chi connectivity index (χ2n) is 4.55. The summed E-state index contributed by atoms with van der Waals surface area (Å²) < 4.78 is 6.75. The molecule has 2 rings (SSSR count). The maximum absolute atomic E-state index is 11.7. The van der Waals surface area contributed by atoms with Crippen LogP contribution >= 0.6 is 15.9 Å². The molecule has 0 N–H and O–H groups in total. The third-order valence-electron chi connectivity index (χ3n) is 2.95. The summed E-state index contributed by atoms with van der Waals surface area (Å²) in [5, 5.41) is 0. The number of rotatable bonds is 4. The fourth-order valence-electron chi connectivity index (χ4n) is 1.93. The summed E-state index contributed by atoms with van der Waals surface area (Å²) in [4.78, 5) is 16.2. The van der Waals surface area contributed by atoms with Crippen LogP contribution in [0.5, 0.6) is 11.5 Å². The van der Waals surface area contributed by atoms with E-state index < -0.39 is 0 Å². The molecule has 20 heavy (non-hydrogen) atoms. The molecular formula is C16H16BrNO2. The van der Waals surface area contributed by atoms with Gasteiger partial charge < -0.3 is 4.74 Å². The van der Waals surface area contributed by atoms with Crippen LogP contribution in [0.4, 0.5) is 0 Å². The van der Waals surface area contributed by atoms with Gasteiger partial charge in [0, 0.05) is 10.2 Å². The Morgan fingerprint density at radius 1 is 1.25 bits per heavy atom. The lowest BCUT2D eigenvalue weighted by Gasteiger charge is -2.12. The van der Waals surface area contributed by atoms with Gasteiger partial charge in [0.2, 0.25) is 0 Å². The van der Waals surface area contributed by atoms with E-state index in [2.05, 4.69) is 20.9 Å². The highest BCUT2D eigenvalue weighted by Crippen LogP contribution is 2.30. The monoisotopic (exact) mass is 333 g/mol. The average molecular weight is 334 g/mol. The molecule has 0 fully saturated rings. The van der Waals surface area contributed by atoms with E-state index in [0.717, 1.165) is 22.3 Å². The summed E-state index contributed by atoms with van der Waals surface area (Å²) in [6, 6.07) is 9.22. The predicted octanol–water partition coefficient (Wildman–Crippen LogP) is 4.71. The van der Waals surface area contributed by atoms with Gasteiger partial charge in [0.25, 0.3) is 0 Å². The largest absolute Gasteiger partial charge is 0.455 e. The van der Waals surface area contributed by atoms with Crippen molar-refractivity contribution in [3.63, 3.8) is 0 Å². The highest BCUT2D eigenvalue weighted by atomic mass is 79.9. The maximum Gasteiger partial charge on any atom is 0.163 e. The number of carbonyl (C=O) groups excluding carboxylic acids is 1. The molecule has 0 aliphatic carbocycles. The number of halogens is 1. The molecule has 0 atom stereocenters. The SMILES string of the molecule is CCc1nc(C)ccc1Oc1ccc(Br)cc1C(C)=O. The number of aromatic nitrogens is 1. The fraction of sp³-hybridized carbons (Fsp3) is 0.250. The lowest BCUT2D eigenvalue weighted by molar-refractivity contribution is 0.101. The number of hydrogen-bond donors (Lipinski definition) is 0. The van der Waals surface area contributed by atoms with Crippen molar-refractivity contribution in [1.82, 2.24) is 4.98 Å². The summed E-state index contributed by atoms with van der Waals surface area (Å²) in [7, 11) is 0. The molecule has 0 radical (unpaired) electrons. The average Bonchev–Trinajstić information content (AvgIpc) is 2.42. The molecule has 2 aromatic rings. The predicted molar refractivity (Wildman–Crippen MR) is 82.6 cm³/mol. The van der Waals surface area contributed by atoms with E-state index in [1.807, 2.05) is 32.0 Å². The van der Waals surface area contributed by atoms with Crippen LogP contribution in [0.1, 0.15) is 35.6 Å². The first-order valence-electron chi connectivity index (χ1n) is 6.46. The number of aryl methyl sites for hydroxylation is 2. The van der Waals surface area contributed by atoms with Gasteiger partial charge in [-0.25, -0.2) is 0 Å². The van der Waals surface area contributed by atoms with Gasteiger partial charge in [0.15, 0.2) is 5.78 Å². The molecule has 0 aliphatic heterocycles. The first-order valence-corrected chi connectivity index (χ1v) is 7.25. The van der Waals surface area contributed by atoms with E-state index >= 15 is 0 Å². The van der Waals surface area contributed by atoms with Gasteiger partial charge in [0.1, 0.15) is 11.5 Å². The van der Waals surface area contributed by atoms with Crippen molar-refractivity contribution in [3.05, 3.63) is 51.8 Å². The molecule has 1 aromatic heterocycles. The molecule has 0 saturated heterocycles. The summed E-state index contributed by atoms with van der Waals surface area (Å²) in [5.41, 5.74) is 2.40. The zero-order valence-corrected chi connectivity index (χ0v) is 13.3. The first kappa shape index (κ1) is 14.7. The number of Topliss-reactive ketones (excluding diaryl/α,β-unsaturated/α-hetero) is 1. The topological polar surface area (TPSA) is 39.2 Å². The Hall–Kier alpha value is -1.68. The lowest BCUT2D eigenvalue weighted by Crippen LogP contribution is -2.00. The third-order valence-corrected chi connectivity index (χ3v) is 3.44. The van der Waals surface area contributed by atoms with Crippen LogP contribution in [0.3, 0.4) is 0 Å². The van der Waals surface area contributed by atoms with E-state index in [4.69, 9.17) is 4.74 Å². The molecule has 0 spiro atoms. The molecule has 1 heterocycles. The van der Waals surface area contributed by atoms with Gasteiger partial charge in [-0.2, -0.15) is 0 Å². The van der Waals surface area contributed by atoms with Crippen LogP contribution in [0.15, 0.2) is 34.8 Å². The van der Waals surface area contributed by atoms with Gasteiger partial charge in [-0.05, 0) is 50.6 Å². The Labute approximate surface area is 127 Å². The van der Waals surface area contributed by atoms with Gasteiger partial charge in [-0.3, -0.25) is 9.78 Å². The molecule has 1 aromatic carbocycles. The Morgan fingerprint density at radius 3 is 2.60 bits per heavy atom. The second kappa shape index (κ2) is 6.18. The van der Waals surface area contributed by atoms with Crippen LogP contribution in [0, 0.1) is 6.92 Å². The Kier molecular flexibility index (Phi) is 4.55. The minimum absolute atomic E-state index is 0.0283. The van der Waals surface area contributed by atoms with Crippen molar-refractivity contribution < 1.29 is 9.53 Å². The molecular weight excluding hydrogens is 318 g/mol. The highest BCUT2D eigenvalue weighted by molar-refractivity contribution is 9.10. The minimum Gasteiger partial charge on any atom is -0.455 e. The Balaban J connectivity index is 2.42. The summed E-state index contributed by atoms with van der Waals surface area (Å²) in [6.07, 6.45) is 0.781. The number of carbonyl (C=O) groups is 1. The first-order chi connectivity index (χ1) is 9.51. The van der Waals surface area contributed by atoms with E-state index in [1.165, 1.54) is 6.92 Å². The number of benzene rings is 1. The summed E-state index contributed by atoms with van der Waals surface area (Å²) in [6.45, 7) is 5.51. The zero-order valence-electron chi connectivity index (χ0n) is 11.7. The molecule has 4 heteroatoms. The van der Waals surface area contributed by atoms with Crippen LogP contribution < -0.4 is 4.74 Å². The highest BCUT2D eigenvalue weighted by Gasteiger charge is 2.12. The van der Waals surface area contributed by atoms with Gasteiger partial charge >= 0.3 is 0 Å². The molecule has 104 valence electrons. The van der Waals surface area contributed by atoms with Crippen molar-refractivity contribution in [3.8, 4) is 11.5 Å². The molecule has 0 unspecified atom stereocenters. The number of nitrogens with zero attached hydrogens (tertiary/aromatic N) is 1. The minimum atomic E-state index is -0.0283. The van der Waals surface area contributed by atoms with E-state index in [1.54, 1.807) is 12.1 Å². The molecule has 0 saturated carbocycles. The van der Waals surface area contributed by atoms with Crippen LogP contribution in [0.2, 0.25) is 0 Å². The Morgan fingerprint density at radius 2 is 1.95 bits per heavy atom. The molecule has 3 nitrogen and oxygen atoms in total. The van der Waals surface area contributed by atoms with Crippen molar-refractivity contribution in [2.45, 2.75) is 27.2 Å². The number of ether oxygens (including phenoxy) is 1. The number of ketones is 1. The third kappa shape index (κ3) is 3.25. The standard InChI is InChI=1S/C16H16BrNO2/c1-4-14-16(7-5-10(2)18-14)20-15-8-6-12(17)9-13(15)11(3)19/h5-9H,4H2,1-3H3. The number of hydrogen-bond acceptors (Lipinski definition) is 3.